The molecule has 1 aromatic heterocycles. The zero-order chi connectivity index (χ0) is 21.9. The molecule has 158 valence electrons. The summed E-state index contributed by atoms with van der Waals surface area (Å²) >= 11 is 0. The number of allylic oxidation sites excluding steroid dienone is 2. The molecule has 0 bridgehead atoms. The van der Waals surface area contributed by atoms with Crippen molar-refractivity contribution >= 4 is 11.7 Å². The van der Waals surface area contributed by atoms with Gasteiger partial charge in [0, 0.05) is 23.3 Å². The van der Waals surface area contributed by atoms with Crippen LogP contribution in [0.5, 0.6) is 5.75 Å². The SMILES string of the molecule is Cc1ccc(-c2nc3n(n2)C(c2ccc(O)cc2)C2=C(CC(C)(C)CC2=O)N3)cc1C. The van der Waals surface area contributed by atoms with Crippen LogP contribution < -0.4 is 5.32 Å². The molecule has 5 rings (SSSR count). The quantitative estimate of drug-likeness (QED) is 0.622. The van der Waals surface area contributed by atoms with Gasteiger partial charge in [-0.25, -0.2) is 4.68 Å². The fourth-order valence-electron chi connectivity index (χ4n) is 4.58. The van der Waals surface area contributed by atoms with Crippen LogP contribution in [0.4, 0.5) is 5.95 Å². The van der Waals surface area contributed by atoms with Gasteiger partial charge in [-0.1, -0.05) is 38.1 Å². The van der Waals surface area contributed by atoms with Gasteiger partial charge >= 0.3 is 0 Å². The molecule has 3 aromatic rings. The summed E-state index contributed by atoms with van der Waals surface area (Å²) in [5, 5.41) is 18.0. The number of carbonyl (C=O) groups excluding carboxylic acids is 1. The first-order valence-corrected chi connectivity index (χ1v) is 10.6. The minimum atomic E-state index is -0.372. The fourth-order valence-corrected chi connectivity index (χ4v) is 4.58. The second-order valence-corrected chi connectivity index (χ2v) is 9.45. The summed E-state index contributed by atoms with van der Waals surface area (Å²) < 4.78 is 1.81. The normalized spacial score (nSPS) is 19.6. The average molecular weight is 415 g/mol. The number of anilines is 1. The lowest BCUT2D eigenvalue weighted by atomic mass is 9.73. The van der Waals surface area contributed by atoms with Crippen molar-refractivity contribution in [2.45, 2.75) is 46.6 Å². The summed E-state index contributed by atoms with van der Waals surface area (Å²) in [6, 6.07) is 12.8. The second-order valence-electron chi connectivity index (χ2n) is 9.45. The minimum absolute atomic E-state index is 0.110. The molecule has 6 heteroatoms. The Morgan fingerprint density at radius 2 is 1.81 bits per heavy atom. The van der Waals surface area contributed by atoms with Crippen molar-refractivity contribution in [2.24, 2.45) is 5.41 Å². The van der Waals surface area contributed by atoms with Gasteiger partial charge < -0.3 is 10.4 Å². The van der Waals surface area contributed by atoms with E-state index in [4.69, 9.17) is 10.1 Å². The van der Waals surface area contributed by atoms with E-state index in [-0.39, 0.29) is 23.0 Å². The van der Waals surface area contributed by atoms with Gasteiger partial charge in [-0.15, -0.1) is 5.10 Å². The maximum absolute atomic E-state index is 13.3. The summed E-state index contributed by atoms with van der Waals surface area (Å²) in [6.07, 6.45) is 1.27. The van der Waals surface area contributed by atoms with Crippen molar-refractivity contribution in [3.8, 4) is 17.1 Å². The monoisotopic (exact) mass is 414 g/mol. The van der Waals surface area contributed by atoms with Gasteiger partial charge in [-0.2, -0.15) is 4.98 Å². The third-order valence-corrected chi connectivity index (χ3v) is 6.31. The average Bonchev–Trinajstić information content (AvgIpc) is 3.12. The van der Waals surface area contributed by atoms with E-state index in [0.29, 0.717) is 18.2 Å². The van der Waals surface area contributed by atoms with Crippen LogP contribution >= 0.6 is 0 Å². The number of Topliss-reactive ketones (excluding diaryl/α,β-unsaturated/α-hetero) is 1. The molecule has 0 saturated carbocycles. The van der Waals surface area contributed by atoms with E-state index in [2.05, 4.69) is 45.1 Å². The molecule has 1 atom stereocenters. The van der Waals surface area contributed by atoms with Gasteiger partial charge in [-0.3, -0.25) is 4.79 Å². The smallest absolute Gasteiger partial charge is 0.226 e. The number of benzene rings is 2. The predicted molar refractivity (Wildman–Crippen MR) is 120 cm³/mol. The number of carbonyl (C=O) groups is 1. The molecule has 31 heavy (non-hydrogen) atoms. The summed E-state index contributed by atoms with van der Waals surface area (Å²) in [5.41, 5.74) is 5.81. The molecule has 1 aliphatic carbocycles. The molecular weight excluding hydrogens is 388 g/mol. The highest BCUT2D eigenvalue weighted by Gasteiger charge is 2.41. The van der Waals surface area contributed by atoms with Crippen LogP contribution in [0, 0.1) is 19.3 Å². The molecule has 2 aliphatic rings. The van der Waals surface area contributed by atoms with Crippen LogP contribution in [-0.2, 0) is 4.79 Å². The molecular formula is C25H26N4O2. The van der Waals surface area contributed by atoms with Crippen LogP contribution in [0.15, 0.2) is 53.7 Å². The maximum atomic E-state index is 13.3. The van der Waals surface area contributed by atoms with E-state index in [9.17, 15) is 9.90 Å². The zero-order valence-electron chi connectivity index (χ0n) is 18.2. The lowest BCUT2D eigenvalue weighted by Crippen LogP contribution is -2.36. The number of aromatic nitrogens is 3. The molecule has 0 saturated heterocycles. The summed E-state index contributed by atoms with van der Waals surface area (Å²) in [6.45, 7) is 8.39. The van der Waals surface area contributed by atoms with Gasteiger partial charge in [0.1, 0.15) is 11.8 Å². The number of hydrogen-bond donors (Lipinski definition) is 2. The predicted octanol–water partition coefficient (Wildman–Crippen LogP) is 4.93. The number of aryl methyl sites for hydroxylation is 2. The summed E-state index contributed by atoms with van der Waals surface area (Å²) in [5.74, 6) is 1.58. The Balaban J connectivity index is 1.67. The van der Waals surface area contributed by atoms with Crippen molar-refractivity contribution in [3.05, 3.63) is 70.4 Å². The minimum Gasteiger partial charge on any atom is -0.508 e. The van der Waals surface area contributed by atoms with Crippen molar-refractivity contribution in [2.75, 3.05) is 5.32 Å². The molecule has 0 radical (unpaired) electrons. The molecule has 1 unspecified atom stereocenters. The lowest BCUT2D eigenvalue weighted by Gasteiger charge is -2.38. The molecule has 0 spiro atoms. The lowest BCUT2D eigenvalue weighted by molar-refractivity contribution is -0.118. The third-order valence-electron chi connectivity index (χ3n) is 6.31. The number of phenolic OH excluding ortho intramolecular Hbond substituents is 1. The Bertz CT molecular complexity index is 1230. The van der Waals surface area contributed by atoms with Crippen LogP contribution in [0.2, 0.25) is 0 Å². The van der Waals surface area contributed by atoms with E-state index < -0.39 is 0 Å². The summed E-state index contributed by atoms with van der Waals surface area (Å²) in [4.78, 5) is 18.0. The van der Waals surface area contributed by atoms with Gasteiger partial charge in [0.2, 0.25) is 5.95 Å². The third kappa shape index (κ3) is 3.32. The number of fused-ring (bicyclic) bond motifs is 1. The fraction of sp³-hybridized carbons (Fsp3) is 0.320. The molecule has 2 heterocycles. The van der Waals surface area contributed by atoms with Gasteiger partial charge in [0.15, 0.2) is 11.6 Å². The van der Waals surface area contributed by atoms with Crippen molar-refractivity contribution in [1.82, 2.24) is 14.8 Å². The van der Waals surface area contributed by atoms with Crippen LogP contribution in [0.3, 0.4) is 0 Å². The highest BCUT2D eigenvalue weighted by atomic mass is 16.3. The Hall–Kier alpha value is -3.41. The van der Waals surface area contributed by atoms with E-state index in [1.54, 1.807) is 12.1 Å². The van der Waals surface area contributed by atoms with Crippen LogP contribution in [0.25, 0.3) is 11.4 Å². The molecule has 0 amide bonds. The molecule has 1 aliphatic heterocycles. The first-order valence-electron chi connectivity index (χ1n) is 10.6. The van der Waals surface area contributed by atoms with E-state index in [0.717, 1.165) is 28.8 Å². The standard InChI is InChI=1S/C25H26N4O2/c1-14-5-6-17(11-15(14)2)23-27-24-26-19-12-25(3,4)13-20(31)21(19)22(29(24)28-23)16-7-9-18(30)10-8-16/h5-11,22,30H,12-13H2,1-4H3,(H,26,27,28). The van der Waals surface area contributed by atoms with Crippen LogP contribution in [0.1, 0.15) is 49.4 Å². The number of hydrogen-bond acceptors (Lipinski definition) is 5. The topological polar surface area (TPSA) is 80.0 Å². The van der Waals surface area contributed by atoms with E-state index >= 15 is 0 Å². The molecule has 2 aromatic carbocycles. The van der Waals surface area contributed by atoms with Gasteiger partial charge in [-0.05, 0) is 60.6 Å². The number of rotatable bonds is 2. The number of aromatic hydroxyl groups is 1. The number of nitrogens with one attached hydrogen (secondary N) is 1. The second kappa shape index (κ2) is 6.80. The van der Waals surface area contributed by atoms with Gasteiger partial charge in [0.05, 0.1) is 0 Å². The van der Waals surface area contributed by atoms with E-state index in [1.807, 2.05) is 22.9 Å². The maximum Gasteiger partial charge on any atom is 0.226 e. The van der Waals surface area contributed by atoms with E-state index in [1.165, 1.54) is 11.1 Å². The zero-order valence-corrected chi connectivity index (χ0v) is 18.2. The summed E-state index contributed by atoms with van der Waals surface area (Å²) in [7, 11) is 0. The van der Waals surface area contributed by atoms with Crippen LogP contribution in [-0.4, -0.2) is 25.7 Å². The number of ketones is 1. The number of nitrogens with zero attached hydrogens (tertiary/aromatic N) is 3. The largest absolute Gasteiger partial charge is 0.508 e. The van der Waals surface area contributed by atoms with Gasteiger partial charge in [0.25, 0.3) is 0 Å². The Morgan fingerprint density at radius 1 is 1.06 bits per heavy atom. The highest BCUT2D eigenvalue weighted by molar-refractivity contribution is 6.00. The Kier molecular flexibility index (Phi) is 4.29. The van der Waals surface area contributed by atoms with Crippen molar-refractivity contribution < 1.29 is 9.90 Å². The molecule has 0 fully saturated rings. The first-order chi connectivity index (χ1) is 14.7. The van der Waals surface area contributed by atoms with Crippen molar-refractivity contribution in [3.63, 3.8) is 0 Å². The number of phenols is 1. The molecule has 6 nitrogen and oxygen atoms in total. The Morgan fingerprint density at radius 3 is 2.52 bits per heavy atom. The molecule has 2 N–H and O–H groups in total. The first kappa shape index (κ1) is 19.5. The Labute approximate surface area is 181 Å². The van der Waals surface area contributed by atoms with Crippen molar-refractivity contribution in [1.29, 1.82) is 0 Å². The highest BCUT2D eigenvalue weighted by Crippen LogP contribution is 2.45.